The number of ether oxygens (including phenoxy) is 3. The Morgan fingerprint density at radius 2 is 2.03 bits per heavy atom. The second kappa shape index (κ2) is 8.99. The van der Waals surface area contributed by atoms with Gasteiger partial charge in [-0.05, 0) is 38.0 Å². The van der Waals surface area contributed by atoms with Gasteiger partial charge in [0.05, 0.1) is 19.4 Å². The minimum Gasteiger partial charge on any atom is -0.481 e. The Morgan fingerprint density at radius 1 is 1.24 bits per heavy atom. The van der Waals surface area contributed by atoms with Crippen molar-refractivity contribution in [2.24, 2.45) is 5.92 Å². The van der Waals surface area contributed by atoms with E-state index in [2.05, 4.69) is 35.5 Å². The number of hydrogen-bond donors (Lipinski definition) is 3. The molecule has 3 aromatic heterocycles. The van der Waals surface area contributed by atoms with Crippen LogP contribution in [0, 0.1) is 5.92 Å². The Labute approximate surface area is 213 Å². The van der Waals surface area contributed by atoms with Crippen molar-refractivity contribution in [2.75, 3.05) is 12.4 Å². The minimum absolute atomic E-state index is 0.0264. The first-order chi connectivity index (χ1) is 18.1. The molecule has 4 aliphatic rings. The predicted molar refractivity (Wildman–Crippen MR) is 123 cm³/mol. The third kappa shape index (κ3) is 4.70. The lowest BCUT2D eigenvalue weighted by molar-refractivity contribution is -0.330. The fourth-order valence-corrected chi connectivity index (χ4v) is 5.53. The Kier molecular flexibility index (Phi) is 5.85. The average Bonchev–Trinajstić information content (AvgIpc) is 3.53. The van der Waals surface area contributed by atoms with Crippen LogP contribution < -0.4 is 15.4 Å². The molecule has 4 aliphatic carbocycles. The number of carbonyl (C=O) groups excluding carboxylic acids is 1. The predicted octanol–water partition coefficient (Wildman–Crippen LogP) is 4.10. The normalized spacial score (nSPS) is 28.0. The van der Waals surface area contributed by atoms with E-state index in [4.69, 9.17) is 9.47 Å². The molecule has 15 heteroatoms. The molecular weight excluding hydrogens is 514 g/mol. The van der Waals surface area contributed by atoms with Crippen LogP contribution in [0.1, 0.15) is 49.4 Å². The highest BCUT2D eigenvalue weighted by molar-refractivity contribution is 5.69. The van der Waals surface area contributed by atoms with Gasteiger partial charge in [-0.25, -0.2) is 14.2 Å². The maximum absolute atomic E-state index is 15.2. The number of alkyl carbamates (subject to hydrolysis) is 1. The van der Waals surface area contributed by atoms with Crippen molar-refractivity contribution in [3.8, 4) is 5.88 Å². The van der Waals surface area contributed by atoms with Gasteiger partial charge in [-0.1, -0.05) is 0 Å². The molecule has 0 radical (unpaired) electrons. The van der Waals surface area contributed by atoms with Crippen LogP contribution in [0.25, 0.3) is 5.65 Å². The number of aromatic nitrogens is 5. The lowest BCUT2D eigenvalue weighted by Crippen LogP contribution is -2.68. The SMILES string of the molecule is COc1cc2nc(COC(F)(F)F)cn2c(Nc2cc([C@H]3CC[C@@H](OC(=O)NC45CC(C4)C5)[C@@H]3F)[nH]n2)n1. The number of methoxy groups -OCH3 is 1. The second-order valence-electron chi connectivity index (χ2n) is 10.1. The second-order valence-corrected chi connectivity index (χ2v) is 10.1. The van der Waals surface area contributed by atoms with E-state index in [1.54, 1.807) is 6.07 Å². The zero-order chi connectivity index (χ0) is 26.7. The van der Waals surface area contributed by atoms with Crippen molar-refractivity contribution in [1.82, 2.24) is 29.9 Å². The third-order valence-corrected chi connectivity index (χ3v) is 7.48. The van der Waals surface area contributed by atoms with Gasteiger partial charge in [0, 0.05) is 35.5 Å². The number of anilines is 2. The lowest BCUT2D eigenvalue weighted by atomic mass is 9.50. The van der Waals surface area contributed by atoms with Crippen LogP contribution in [-0.4, -0.2) is 61.9 Å². The Balaban J connectivity index is 1.13. The Hall–Kier alpha value is -3.62. The van der Waals surface area contributed by atoms with Crippen molar-refractivity contribution in [2.45, 2.75) is 68.8 Å². The number of halogens is 4. The highest BCUT2D eigenvalue weighted by Gasteiger charge is 2.58. The van der Waals surface area contributed by atoms with Gasteiger partial charge < -0.3 is 20.1 Å². The number of nitrogens with zero attached hydrogens (tertiary/aromatic N) is 4. The molecule has 3 aromatic rings. The summed E-state index contributed by atoms with van der Waals surface area (Å²) >= 11 is 0. The van der Waals surface area contributed by atoms with Crippen molar-refractivity contribution >= 4 is 23.5 Å². The molecule has 4 saturated carbocycles. The number of nitrogens with one attached hydrogen (secondary N) is 3. The molecule has 204 valence electrons. The molecule has 7 rings (SSSR count). The molecule has 3 N–H and O–H groups in total. The minimum atomic E-state index is -4.79. The maximum Gasteiger partial charge on any atom is 0.522 e. The van der Waals surface area contributed by atoms with Gasteiger partial charge in [-0.15, -0.1) is 13.2 Å². The van der Waals surface area contributed by atoms with Gasteiger partial charge in [0.1, 0.15) is 17.9 Å². The first-order valence-electron chi connectivity index (χ1n) is 12.2. The van der Waals surface area contributed by atoms with E-state index >= 15 is 4.39 Å². The molecule has 0 aromatic carbocycles. The van der Waals surface area contributed by atoms with E-state index in [0.717, 1.165) is 19.3 Å². The number of rotatable bonds is 8. The number of hydrogen-bond acceptors (Lipinski definition) is 8. The zero-order valence-electron chi connectivity index (χ0n) is 20.2. The van der Waals surface area contributed by atoms with Gasteiger partial charge in [-0.2, -0.15) is 10.1 Å². The Bertz CT molecular complexity index is 1340. The number of fused-ring (bicyclic) bond motifs is 1. The molecule has 0 saturated heterocycles. The fourth-order valence-electron chi connectivity index (χ4n) is 5.53. The van der Waals surface area contributed by atoms with Crippen LogP contribution in [0.5, 0.6) is 5.88 Å². The molecule has 4 fully saturated rings. The van der Waals surface area contributed by atoms with Crippen LogP contribution in [0.15, 0.2) is 18.3 Å². The van der Waals surface area contributed by atoms with E-state index in [0.29, 0.717) is 30.3 Å². The standard InChI is InChI=1S/C23H25F4N7O4/c1-36-18-5-17-28-12(10-37-23(25,26)27)9-34(17)20(30-18)29-16-4-14(32-33-16)13-2-3-15(19(13)24)38-21(35)31-22-6-11(7-22)8-22/h4-5,9,11,13,15,19H,2-3,6-8,10H2,1H3,(H,31,35)(H2,29,30,32,33)/t11?,13-,15-,19-,22?/m1/s1. The lowest BCUT2D eigenvalue weighted by Gasteiger charge is -2.61. The molecule has 0 aliphatic heterocycles. The number of carbonyl (C=O) groups is 1. The molecule has 1 amide bonds. The number of aromatic amines is 1. The zero-order valence-corrected chi connectivity index (χ0v) is 20.2. The summed E-state index contributed by atoms with van der Waals surface area (Å²) in [5.41, 5.74) is 0.664. The van der Waals surface area contributed by atoms with Crippen LogP contribution in [-0.2, 0) is 16.1 Å². The molecule has 3 heterocycles. The highest BCUT2D eigenvalue weighted by atomic mass is 19.4. The first-order valence-corrected chi connectivity index (χ1v) is 12.2. The summed E-state index contributed by atoms with van der Waals surface area (Å²) in [4.78, 5) is 20.7. The molecule has 38 heavy (non-hydrogen) atoms. The molecule has 0 spiro atoms. The Morgan fingerprint density at radius 3 is 2.71 bits per heavy atom. The molecule has 11 nitrogen and oxygen atoms in total. The summed E-state index contributed by atoms with van der Waals surface area (Å²) in [7, 11) is 1.39. The van der Waals surface area contributed by atoms with Crippen molar-refractivity contribution < 1.29 is 36.6 Å². The summed E-state index contributed by atoms with van der Waals surface area (Å²) in [6.45, 7) is -0.776. The number of alkyl halides is 4. The highest BCUT2D eigenvalue weighted by Crippen LogP contribution is 2.57. The van der Waals surface area contributed by atoms with E-state index in [-0.39, 0.29) is 28.7 Å². The van der Waals surface area contributed by atoms with Crippen molar-refractivity contribution in [3.05, 3.63) is 29.7 Å². The van der Waals surface area contributed by atoms with Crippen molar-refractivity contribution in [3.63, 3.8) is 0 Å². The van der Waals surface area contributed by atoms with E-state index in [1.165, 1.54) is 23.8 Å². The molecule has 2 bridgehead atoms. The summed E-state index contributed by atoms with van der Waals surface area (Å²) in [6.07, 6.45) is -2.54. The van der Waals surface area contributed by atoms with Gasteiger partial charge in [0.15, 0.2) is 5.82 Å². The quantitative estimate of drug-likeness (QED) is 0.365. The van der Waals surface area contributed by atoms with E-state index in [1.807, 2.05) is 0 Å². The van der Waals surface area contributed by atoms with Crippen LogP contribution >= 0.6 is 0 Å². The van der Waals surface area contributed by atoms with Gasteiger partial charge in [0.2, 0.25) is 11.8 Å². The summed E-state index contributed by atoms with van der Waals surface area (Å²) < 4.78 is 68.4. The van der Waals surface area contributed by atoms with E-state index in [9.17, 15) is 18.0 Å². The van der Waals surface area contributed by atoms with E-state index < -0.39 is 37.3 Å². The summed E-state index contributed by atoms with van der Waals surface area (Å²) in [5, 5.41) is 12.8. The molecule has 3 atom stereocenters. The average molecular weight is 539 g/mol. The monoisotopic (exact) mass is 539 g/mol. The maximum atomic E-state index is 15.2. The van der Waals surface area contributed by atoms with Crippen LogP contribution in [0.3, 0.4) is 0 Å². The van der Waals surface area contributed by atoms with Crippen LogP contribution in [0.4, 0.5) is 34.1 Å². The molecule has 0 unspecified atom stereocenters. The van der Waals surface area contributed by atoms with Crippen LogP contribution in [0.2, 0.25) is 0 Å². The first kappa shape index (κ1) is 24.7. The largest absolute Gasteiger partial charge is 0.522 e. The fraction of sp³-hybridized carbons (Fsp3) is 0.565. The smallest absolute Gasteiger partial charge is 0.481 e. The summed E-state index contributed by atoms with van der Waals surface area (Å²) in [6, 6.07) is 3.06. The topological polar surface area (TPSA) is 128 Å². The number of imidazole rings is 1. The van der Waals surface area contributed by atoms with Crippen molar-refractivity contribution in [1.29, 1.82) is 0 Å². The third-order valence-electron chi connectivity index (χ3n) is 7.48. The van der Waals surface area contributed by atoms with Gasteiger partial charge in [-0.3, -0.25) is 14.2 Å². The number of amides is 1. The molecular formula is C23H25F4N7O4. The van der Waals surface area contributed by atoms with Gasteiger partial charge >= 0.3 is 12.5 Å². The summed E-state index contributed by atoms with van der Waals surface area (Å²) in [5.74, 6) is 0.773. The van der Waals surface area contributed by atoms with Gasteiger partial charge in [0.25, 0.3) is 0 Å². The number of H-pyrrole nitrogens is 1.